The molecule has 0 bridgehead atoms. The second-order valence-electron chi connectivity index (χ2n) is 7.91. The summed E-state index contributed by atoms with van der Waals surface area (Å²) < 4.78 is 13.1. The van der Waals surface area contributed by atoms with E-state index >= 15 is 0 Å². The van der Waals surface area contributed by atoms with Crippen LogP contribution in [-0.2, 0) is 13.6 Å². The molecule has 2 aromatic carbocycles. The lowest BCUT2D eigenvalue weighted by atomic mass is 10.2. The van der Waals surface area contributed by atoms with Crippen LogP contribution in [-0.4, -0.2) is 34.9 Å². The molecule has 0 aliphatic rings. The van der Waals surface area contributed by atoms with Gasteiger partial charge in [-0.05, 0) is 65.0 Å². The normalized spacial score (nSPS) is 11.3. The Balaban J connectivity index is 1.87. The third-order valence-corrected chi connectivity index (χ3v) is 5.41. The van der Waals surface area contributed by atoms with E-state index in [1.807, 2.05) is 70.6 Å². The van der Waals surface area contributed by atoms with Crippen LogP contribution < -0.4 is 20.1 Å². The standard InChI is InChI=1S/C26H33N5O3/c1-7-33-23-14-11-20(15-24(23)34-8-2)25(32)29-26(28-21-12-9-17(3)10-13-21)27-16-22-18(4)30-31(6)19(22)5/h9-15H,7-8,16H2,1-6H3,(H2,27,28,29,32). The molecule has 0 fully saturated rings. The number of benzene rings is 2. The lowest BCUT2D eigenvalue weighted by Gasteiger charge is -2.14. The van der Waals surface area contributed by atoms with Gasteiger partial charge in [0.25, 0.3) is 5.91 Å². The van der Waals surface area contributed by atoms with E-state index in [1.165, 1.54) is 0 Å². The predicted molar refractivity (Wildman–Crippen MR) is 135 cm³/mol. The molecule has 0 saturated heterocycles. The average Bonchev–Trinajstić information content (AvgIpc) is 3.05. The quantitative estimate of drug-likeness (QED) is 0.378. The molecule has 0 aliphatic heterocycles. The lowest BCUT2D eigenvalue weighted by Crippen LogP contribution is -2.36. The van der Waals surface area contributed by atoms with E-state index in [2.05, 4.69) is 20.7 Å². The highest BCUT2D eigenvalue weighted by Crippen LogP contribution is 2.28. The van der Waals surface area contributed by atoms with Crippen LogP contribution in [0.2, 0.25) is 0 Å². The van der Waals surface area contributed by atoms with E-state index in [9.17, 15) is 4.79 Å². The molecule has 1 aromatic heterocycles. The Morgan fingerprint density at radius 1 is 1.00 bits per heavy atom. The van der Waals surface area contributed by atoms with Gasteiger partial charge in [0.2, 0.25) is 5.96 Å². The van der Waals surface area contributed by atoms with Crippen molar-refractivity contribution in [1.29, 1.82) is 0 Å². The Bertz CT molecular complexity index is 1170. The Morgan fingerprint density at radius 3 is 2.29 bits per heavy atom. The Labute approximate surface area is 201 Å². The van der Waals surface area contributed by atoms with E-state index in [0.29, 0.717) is 42.8 Å². The van der Waals surface area contributed by atoms with Gasteiger partial charge in [0, 0.05) is 29.6 Å². The summed E-state index contributed by atoms with van der Waals surface area (Å²) in [6.07, 6.45) is 0. The van der Waals surface area contributed by atoms with Gasteiger partial charge < -0.3 is 14.8 Å². The number of rotatable bonds is 8. The highest BCUT2D eigenvalue weighted by molar-refractivity contribution is 6.10. The van der Waals surface area contributed by atoms with Gasteiger partial charge in [-0.25, -0.2) is 4.99 Å². The Kier molecular flexibility index (Phi) is 8.29. The fourth-order valence-corrected chi connectivity index (χ4v) is 3.46. The topological polar surface area (TPSA) is 89.8 Å². The molecule has 0 atom stereocenters. The maximum absolute atomic E-state index is 13.1. The van der Waals surface area contributed by atoms with E-state index < -0.39 is 0 Å². The maximum Gasteiger partial charge on any atom is 0.258 e. The number of nitrogens with one attached hydrogen (secondary N) is 2. The number of aromatic nitrogens is 2. The minimum atomic E-state index is -0.304. The van der Waals surface area contributed by atoms with Crippen molar-refractivity contribution < 1.29 is 14.3 Å². The molecule has 1 amide bonds. The van der Waals surface area contributed by atoms with Gasteiger partial charge in [0.05, 0.1) is 25.5 Å². The molecule has 1 heterocycles. The molecule has 8 heteroatoms. The molecule has 34 heavy (non-hydrogen) atoms. The fraction of sp³-hybridized carbons (Fsp3) is 0.346. The van der Waals surface area contributed by atoms with Crippen molar-refractivity contribution >= 4 is 17.6 Å². The number of hydrogen-bond donors (Lipinski definition) is 2. The molecular formula is C26H33N5O3. The highest BCUT2D eigenvalue weighted by Gasteiger charge is 2.15. The fourth-order valence-electron chi connectivity index (χ4n) is 3.46. The number of hydrogen-bond acceptors (Lipinski definition) is 5. The number of nitrogens with zero attached hydrogens (tertiary/aromatic N) is 3. The number of guanidine groups is 1. The van der Waals surface area contributed by atoms with Gasteiger partial charge in [0.15, 0.2) is 11.5 Å². The van der Waals surface area contributed by atoms with Gasteiger partial charge in [-0.3, -0.25) is 14.8 Å². The molecule has 0 radical (unpaired) electrons. The van der Waals surface area contributed by atoms with Crippen LogP contribution in [0.4, 0.5) is 5.69 Å². The maximum atomic E-state index is 13.1. The zero-order valence-corrected chi connectivity index (χ0v) is 20.7. The summed E-state index contributed by atoms with van der Waals surface area (Å²) in [7, 11) is 1.91. The molecule has 3 rings (SSSR count). The van der Waals surface area contributed by atoms with Crippen molar-refractivity contribution in [1.82, 2.24) is 15.1 Å². The largest absolute Gasteiger partial charge is 0.490 e. The lowest BCUT2D eigenvalue weighted by molar-refractivity contribution is 0.0976. The second-order valence-corrected chi connectivity index (χ2v) is 7.91. The molecular weight excluding hydrogens is 430 g/mol. The van der Waals surface area contributed by atoms with E-state index in [1.54, 1.807) is 18.2 Å². The summed E-state index contributed by atoms with van der Waals surface area (Å²) >= 11 is 0. The van der Waals surface area contributed by atoms with Crippen molar-refractivity contribution in [3.05, 3.63) is 70.5 Å². The van der Waals surface area contributed by atoms with Crippen molar-refractivity contribution in [3.63, 3.8) is 0 Å². The van der Waals surface area contributed by atoms with Crippen LogP contribution in [0.15, 0.2) is 47.5 Å². The number of amides is 1. The summed E-state index contributed by atoms with van der Waals surface area (Å²) in [4.78, 5) is 17.8. The number of carbonyl (C=O) groups is 1. The third-order valence-electron chi connectivity index (χ3n) is 5.41. The molecule has 180 valence electrons. The van der Waals surface area contributed by atoms with E-state index in [4.69, 9.17) is 9.47 Å². The minimum absolute atomic E-state index is 0.304. The average molecular weight is 464 g/mol. The van der Waals surface area contributed by atoms with Gasteiger partial charge in [-0.15, -0.1) is 0 Å². The van der Waals surface area contributed by atoms with Gasteiger partial charge in [-0.1, -0.05) is 17.7 Å². The van der Waals surface area contributed by atoms with Crippen molar-refractivity contribution in [2.45, 2.75) is 41.2 Å². The first kappa shape index (κ1) is 24.8. The van der Waals surface area contributed by atoms with Gasteiger partial charge in [-0.2, -0.15) is 5.10 Å². The van der Waals surface area contributed by atoms with E-state index in [0.717, 1.165) is 28.2 Å². The van der Waals surface area contributed by atoms with Crippen LogP contribution in [0.3, 0.4) is 0 Å². The van der Waals surface area contributed by atoms with Crippen LogP contribution in [0.5, 0.6) is 11.5 Å². The molecule has 0 aliphatic carbocycles. The smallest absolute Gasteiger partial charge is 0.258 e. The SMILES string of the molecule is CCOc1ccc(C(=O)NC(=NCc2c(C)nn(C)c2C)Nc2ccc(C)cc2)cc1OCC. The molecule has 0 spiro atoms. The first-order chi connectivity index (χ1) is 16.3. The predicted octanol–water partition coefficient (Wildman–Crippen LogP) is 4.54. The minimum Gasteiger partial charge on any atom is -0.490 e. The zero-order valence-electron chi connectivity index (χ0n) is 20.7. The summed E-state index contributed by atoms with van der Waals surface area (Å²) in [5.41, 5.74) is 5.39. The van der Waals surface area contributed by atoms with Crippen LogP contribution in [0.25, 0.3) is 0 Å². The summed E-state index contributed by atoms with van der Waals surface area (Å²) in [5, 5.41) is 10.6. The first-order valence-corrected chi connectivity index (χ1v) is 11.4. The highest BCUT2D eigenvalue weighted by atomic mass is 16.5. The van der Waals surface area contributed by atoms with Crippen molar-refractivity contribution in [2.75, 3.05) is 18.5 Å². The third kappa shape index (κ3) is 6.15. The number of ether oxygens (including phenoxy) is 2. The Hall–Kier alpha value is -3.81. The molecule has 0 unspecified atom stereocenters. The van der Waals surface area contributed by atoms with Crippen LogP contribution in [0, 0.1) is 20.8 Å². The number of anilines is 1. The Morgan fingerprint density at radius 2 is 1.68 bits per heavy atom. The monoisotopic (exact) mass is 463 g/mol. The molecule has 0 saturated carbocycles. The first-order valence-electron chi connectivity index (χ1n) is 11.4. The summed E-state index contributed by atoms with van der Waals surface area (Å²) in [5.74, 6) is 1.18. The summed E-state index contributed by atoms with van der Waals surface area (Å²) in [6.45, 7) is 11.1. The molecule has 2 N–H and O–H groups in total. The van der Waals surface area contributed by atoms with Gasteiger partial charge in [0.1, 0.15) is 0 Å². The van der Waals surface area contributed by atoms with Gasteiger partial charge >= 0.3 is 0 Å². The zero-order chi connectivity index (χ0) is 24.7. The molecule has 8 nitrogen and oxygen atoms in total. The van der Waals surface area contributed by atoms with Crippen molar-refractivity contribution in [3.8, 4) is 11.5 Å². The summed E-state index contributed by atoms with van der Waals surface area (Å²) in [6, 6.07) is 13.0. The van der Waals surface area contributed by atoms with Crippen LogP contribution in [0.1, 0.15) is 46.7 Å². The molecule has 3 aromatic rings. The number of carbonyl (C=O) groups excluding carboxylic acids is 1. The second kappa shape index (κ2) is 11.4. The van der Waals surface area contributed by atoms with E-state index in [-0.39, 0.29) is 5.91 Å². The number of aryl methyl sites for hydroxylation is 3. The number of aliphatic imine (C=N–C) groups is 1. The van der Waals surface area contributed by atoms with Crippen molar-refractivity contribution in [2.24, 2.45) is 12.0 Å². The van der Waals surface area contributed by atoms with Crippen LogP contribution >= 0.6 is 0 Å².